The van der Waals surface area contributed by atoms with Gasteiger partial charge < -0.3 is 10.5 Å². The molecule has 0 saturated heterocycles. The van der Waals surface area contributed by atoms with Gasteiger partial charge in [0.1, 0.15) is 12.4 Å². The third-order valence-corrected chi connectivity index (χ3v) is 1.72. The molecule has 13 heavy (non-hydrogen) atoms. The standard InChI is InChI=1S/C10H16ClNO/c1-4-5-10(13-7-6-11)8(2)9(3)12/h4-5H,1,6-7,12H2,2-3H3/b9-8+,10-5+. The van der Waals surface area contributed by atoms with Crippen LogP contribution in [0.3, 0.4) is 0 Å². The highest BCUT2D eigenvalue weighted by Crippen LogP contribution is 2.13. The summed E-state index contributed by atoms with van der Waals surface area (Å²) in [6, 6.07) is 0. The number of allylic oxidation sites excluding steroid dienone is 4. The van der Waals surface area contributed by atoms with E-state index < -0.39 is 0 Å². The van der Waals surface area contributed by atoms with Crippen LogP contribution in [0.15, 0.2) is 35.8 Å². The van der Waals surface area contributed by atoms with Crippen molar-refractivity contribution in [1.29, 1.82) is 0 Å². The van der Waals surface area contributed by atoms with Crippen molar-refractivity contribution >= 4 is 11.6 Å². The van der Waals surface area contributed by atoms with Crippen LogP contribution in [0, 0.1) is 0 Å². The van der Waals surface area contributed by atoms with Gasteiger partial charge in [-0.3, -0.25) is 0 Å². The Kier molecular flexibility index (Phi) is 6.15. The molecule has 0 aliphatic rings. The number of hydrogen-bond donors (Lipinski definition) is 1. The van der Waals surface area contributed by atoms with Gasteiger partial charge in [0.05, 0.1) is 5.88 Å². The molecule has 0 aromatic rings. The van der Waals surface area contributed by atoms with E-state index in [0.717, 1.165) is 17.0 Å². The Morgan fingerprint density at radius 1 is 1.54 bits per heavy atom. The van der Waals surface area contributed by atoms with Gasteiger partial charge in [-0.05, 0) is 19.9 Å². The average molecular weight is 202 g/mol. The van der Waals surface area contributed by atoms with E-state index in [-0.39, 0.29) is 0 Å². The SMILES string of the molecule is C=C/C=C(OCCCl)\C(C)=C(/C)N. The summed E-state index contributed by atoms with van der Waals surface area (Å²) < 4.78 is 5.37. The molecular weight excluding hydrogens is 186 g/mol. The van der Waals surface area contributed by atoms with Crippen molar-refractivity contribution in [2.24, 2.45) is 5.73 Å². The van der Waals surface area contributed by atoms with E-state index in [2.05, 4.69) is 6.58 Å². The first-order chi connectivity index (χ1) is 6.13. The molecule has 0 aliphatic heterocycles. The Balaban J connectivity index is 4.53. The van der Waals surface area contributed by atoms with Crippen LogP contribution >= 0.6 is 11.6 Å². The fourth-order valence-electron chi connectivity index (χ4n) is 0.731. The van der Waals surface area contributed by atoms with Crippen LogP contribution in [0.2, 0.25) is 0 Å². The number of ether oxygens (including phenoxy) is 1. The minimum Gasteiger partial charge on any atom is -0.492 e. The van der Waals surface area contributed by atoms with Crippen LogP contribution in [0.5, 0.6) is 0 Å². The topological polar surface area (TPSA) is 35.2 Å². The molecule has 0 spiro atoms. The molecule has 0 aromatic carbocycles. The molecule has 2 nitrogen and oxygen atoms in total. The minimum atomic E-state index is 0.464. The Bertz CT molecular complexity index is 227. The van der Waals surface area contributed by atoms with Crippen molar-refractivity contribution in [1.82, 2.24) is 0 Å². The summed E-state index contributed by atoms with van der Waals surface area (Å²) in [5.74, 6) is 1.20. The highest BCUT2D eigenvalue weighted by atomic mass is 35.5. The number of nitrogens with two attached hydrogens (primary N) is 1. The van der Waals surface area contributed by atoms with E-state index in [1.165, 1.54) is 0 Å². The molecule has 0 aliphatic carbocycles. The molecule has 0 heterocycles. The summed E-state index contributed by atoms with van der Waals surface area (Å²) in [5, 5.41) is 0. The zero-order chi connectivity index (χ0) is 10.3. The van der Waals surface area contributed by atoms with Crippen molar-refractivity contribution in [2.45, 2.75) is 13.8 Å². The maximum absolute atomic E-state index is 5.63. The second-order valence-corrected chi connectivity index (χ2v) is 2.99. The lowest BCUT2D eigenvalue weighted by Gasteiger charge is -2.10. The summed E-state index contributed by atoms with van der Waals surface area (Å²) >= 11 is 5.50. The van der Waals surface area contributed by atoms with Crippen LogP contribution in [-0.2, 0) is 4.74 Å². The van der Waals surface area contributed by atoms with Crippen LogP contribution in [0.4, 0.5) is 0 Å². The van der Waals surface area contributed by atoms with Gasteiger partial charge in [0, 0.05) is 11.3 Å². The Hall–Kier alpha value is -0.890. The van der Waals surface area contributed by atoms with E-state index in [9.17, 15) is 0 Å². The van der Waals surface area contributed by atoms with Crippen molar-refractivity contribution in [3.63, 3.8) is 0 Å². The maximum atomic E-state index is 5.63. The summed E-state index contributed by atoms with van der Waals surface area (Å²) in [6.07, 6.45) is 3.44. The highest BCUT2D eigenvalue weighted by molar-refractivity contribution is 6.17. The van der Waals surface area contributed by atoms with Gasteiger partial charge in [0.2, 0.25) is 0 Å². The lowest BCUT2D eigenvalue weighted by Crippen LogP contribution is -2.03. The largest absolute Gasteiger partial charge is 0.492 e. The molecule has 0 saturated carbocycles. The summed E-state index contributed by atoms with van der Waals surface area (Å²) in [5.41, 5.74) is 7.29. The Morgan fingerprint density at radius 3 is 2.54 bits per heavy atom. The third kappa shape index (κ3) is 4.63. The first-order valence-corrected chi connectivity index (χ1v) is 4.61. The molecule has 0 fully saturated rings. The predicted molar refractivity (Wildman–Crippen MR) is 57.5 cm³/mol. The average Bonchev–Trinajstić information content (AvgIpc) is 2.11. The van der Waals surface area contributed by atoms with E-state index in [4.69, 9.17) is 22.1 Å². The quantitative estimate of drug-likeness (QED) is 0.422. The number of alkyl halides is 1. The highest BCUT2D eigenvalue weighted by Gasteiger charge is 2.01. The van der Waals surface area contributed by atoms with Gasteiger partial charge in [-0.1, -0.05) is 12.7 Å². The van der Waals surface area contributed by atoms with E-state index >= 15 is 0 Å². The summed E-state index contributed by atoms with van der Waals surface area (Å²) in [7, 11) is 0. The molecule has 0 aromatic heterocycles. The van der Waals surface area contributed by atoms with E-state index in [0.29, 0.717) is 12.5 Å². The minimum absolute atomic E-state index is 0.464. The van der Waals surface area contributed by atoms with Crippen LogP contribution < -0.4 is 5.73 Å². The number of halogens is 1. The molecule has 0 unspecified atom stereocenters. The molecule has 0 amide bonds. The molecule has 0 rings (SSSR count). The van der Waals surface area contributed by atoms with Gasteiger partial charge in [-0.2, -0.15) is 0 Å². The Labute approximate surface area is 84.7 Å². The zero-order valence-electron chi connectivity index (χ0n) is 8.14. The number of hydrogen-bond acceptors (Lipinski definition) is 2. The second kappa shape index (κ2) is 6.61. The Morgan fingerprint density at radius 2 is 2.15 bits per heavy atom. The maximum Gasteiger partial charge on any atom is 0.123 e. The monoisotopic (exact) mass is 201 g/mol. The molecule has 74 valence electrons. The normalized spacial score (nSPS) is 13.6. The van der Waals surface area contributed by atoms with Gasteiger partial charge >= 0.3 is 0 Å². The van der Waals surface area contributed by atoms with E-state index in [1.54, 1.807) is 12.2 Å². The molecule has 0 bridgehead atoms. The summed E-state index contributed by atoms with van der Waals surface area (Å²) in [4.78, 5) is 0. The lowest BCUT2D eigenvalue weighted by molar-refractivity contribution is 0.239. The molecule has 3 heteroatoms. The molecule has 0 atom stereocenters. The molecule has 0 radical (unpaired) electrons. The number of rotatable bonds is 5. The van der Waals surface area contributed by atoms with Crippen molar-refractivity contribution in [2.75, 3.05) is 12.5 Å². The first-order valence-electron chi connectivity index (χ1n) is 4.08. The van der Waals surface area contributed by atoms with Crippen LogP contribution in [0.1, 0.15) is 13.8 Å². The lowest BCUT2D eigenvalue weighted by atomic mass is 10.2. The van der Waals surface area contributed by atoms with Crippen molar-refractivity contribution in [3.8, 4) is 0 Å². The van der Waals surface area contributed by atoms with Crippen LogP contribution in [-0.4, -0.2) is 12.5 Å². The van der Waals surface area contributed by atoms with Gasteiger partial charge in [-0.15, -0.1) is 11.6 Å². The van der Waals surface area contributed by atoms with Gasteiger partial charge in [0.25, 0.3) is 0 Å². The van der Waals surface area contributed by atoms with E-state index in [1.807, 2.05) is 13.8 Å². The smallest absolute Gasteiger partial charge is 0.123 e. The van der Waals surface area contributed by atoms with Crippen molar-refractivity contribution in [3.05, 3.63) is 35.8 Å². The van der Waals surface area contributed by atoms with Gasteiger partial charge in [-0.25, -0.2) is 0 Å². The molecular formula is C10H16ClNO. The van der Waals surface area contributed by atoms with Crippen molar-refractivity contribution < 1.29 is 4.74 Å². The predicted octanol–water partition coefficient (Wildman–Crippen LogP) is 2.56. The first kappa shape index (κ1) is 12.1. The second-order valence-electron chi connectivity index (χ2n) is 2.61. The third-order valence-electron chi connectivity index (χ3n) is 1.57. The summed E-state index contributed by atoms with van der Waals surface area (Å²) in [6.45, 7) is 7.81. The fourth-order valence-corrected chi connectivity index (χ4v) is 0.808. The molecule has 2 N–H and O–H groups in total. The van der Waals surface area contributed by atoms with Gasteiger partial charge in [0.15, 0.2) is 0 Å². The van der Waals surface area contributed by atoms with Crippen LogP contribution in [0.25, 0.3) is 0 Å². The fraction of sp³-hybridized carbons (Fsp3) is 0.400. The zero-order valence-corrected chi connectivity index (χ0v) is 8.90.